The molecule has 1 aromatic heterocycles. The molecule has 0 aliphatic carbocycles. The minimum atomic E-state index is -4.47. The van der Waals surface area contributed by atoms with Gasteiger partial charge in [-0.25, -0.2) is 4.68 Å². The largest absolute Gasteiger partial charge is 0.425 e. The van der Waals surface area contributed by atoms with Gasteiger partial charge in [0, 0.05) is 24.2 Å². The van der Waals surface area contributed by atoms with E-state index in [0.717, 1.165) is 37.7 Å². The van der Waals surface area contributed by atoms with Gasteiger partial charge in [0.25, 0.3) is 0 Å². The molecule has 11 heteroatoms. The van der Waals surface area contributed by atoms with Crippen LogP contribution in [0.4, 0.5) is 13.2 Å². The summed E-state index contributed by atoms with van der Waals surface area (Å²) in [6, 6.07) is 7.28. The lowest BCUT2D eigenvalue weighted by atomic mass is 9.98. The van der Waals surface area contributed by atoms with Gasteiger partial charge < -0.3 is 4.84 Å². The van der Waals surface area contributed by atoms with Crippen LogP contribution in [0.3, 0.4) is 0 Å². The van der Waals surface area contributed by atoms with Crippen LogP contribution < -0.4 is 0 Å². The Morgan fingerprint density at radius 1 is 1.27 bits per heavy atom. The Bertz CT molecular complexity index is 947. The molecule has 1 fully saturated rings. The minimum Gasteiger partial charge on any atom is -0.386 e. The summed E-state index contributed by atoms with van der Waals surface area (Å²) in [6.45, 7) is 0.531. The highest BCUT2D eigenvalue weighted by molar-refractivity contribution is 6.42. The van der Waals surface area contributed by atoms with Crippen molar-refractivity contribution in [3.8, 4) is 11.8 Å². The molecule has 0 atom stereocenters. The minimum absolute atomic E-state index is 0.0528. The highest BCUT2D eigenvalue weighted by Gasteiger charge is 2.28. The van der Waals surface area contributed by atoms with Crippen molar-refractivity contribution in [2.45, 2.75) is 25.6 Å². The van der Waals surface area contributed by atoms with Crippen molar-refractivity contribution in [1.29, 1.82) is 5.26 Å². The molecular formula is C19H18Cl2F3N5O. The van der Waals surface area contributed by atoms with E-state index in [1.54, 1.807) is 29.1 Å². The molecule has 3 rings (SSSR count). The van der Waals surface area contributed by atoms with E-state index in [9.17, 15) is 13.2 Å². The summed E-state index contributed by atoms with van der Waals surface area (Å²) in [5.74, 6) is 0.0528. The van der Waals surface area contributed by atoms with Crippen molar-refractivity contribution in [2.75, 3.05) is 19.7 Å². The van der Waals surface area contributed by atoms with E-state index < -0.39 is 12.8 Å². The van der Waals surface area contributed by atoms with E-state index in [-0.39, 0.29) is 5.92 Å². The number of piperidine rings is 1. The lowest BCUT2D eigenvalue weighted by Crippen LogP contribution is -2.32. The Kier molecular flexibility index (Phi) is 7.23. The van der Waals surface area contributed by atoms with Crippen LogP contribution in [0.25, 0.3) is 5.69 Å². The quantitative estimate of drug-likeness (QED) is 0.458. The van der Waals surface area contributed by atoms with Crippen molar-refractivity contribution in [1.82, 2.24) is 14.7 Å². The predicted octanol–water partition coefficient (Wildman–Crippen LogP) is 4.83. The molecule has 0 radical (unpaired) electrons. The maximum atomic E-state index is 12.3. The molecule has 1 saturated heterocycles. The van der Waals surface area contributed by atoms with Crippen molar-refractivity contribution in [3.63, 3.8) is 0 Å². The standard InChI is InChI=1S/C19H18Cl2F3N5O/c20-16-2-1-15(7-17(16)21)29-11-14(10-28-5-3-13(8-25)4-6-28)18(27-29)9-26-30-12-19(22,23)24/h1-2,7,9,11,13H,3-6,10,12H2/b26-9+. The fourth-order valence-corrected chi connectivity index (χ4v) is 3.36. The molecule has 1 aliphatic heterocycles. The van der Waals surface area contributed by atoms with E-state index >= 15 is 0 Å². The number of nitrogens with zero attached hydrogens (tertiary/aromatic N) is 5. The van der Waals surface area contributed by atoms with Gasteiger partial charge in [0.1, 0.15) is 5.69 Å². The Morgan fingerprint density at radius 3 is 2.63 bits per heavy atom. The van der Waals surface area contributed by atoms with E-state index in [1.807, 2.05) is 0 Å². The normalized spacial score (nSPS) is 16.1. The van der Waals surface area contributed by atoms with Crippen LogP contribution in [0.15, 0.2) is 29.6 Å². The molecule has 30 heavy (non-hydrogen) atoms. The van der Waals surface area contributed by atoms with Gasteiger partial charge in [-0.05, 0) is 44.1 Å². The van der Waals surface area contributed by atoms with Crippen LogP contribution >= 0.6 is 23.2 Å². The number of alkyl halides is 3. The topological polar surface area (TPSA) is 66.4 Å². The van der Waals surface area contributed by atoms with E-state index in [1.165, 1.54) is 0 Å². The maximum absolute atomic E-state index is 12.3. The number of likely N-dealkylation sites (tertiary alicyclic amines) is 1. The first-order valence-electron chi connectivity index (χ1n) is 9.13. The summed E-state index contributed by atoms with van der Waals surface area (Å²) in [6.07, 6.45) is 0.00789. The molecule has 0 unspecified atom stereocenters. The van der Waals surface area contributed by atoms with Crippen LogP contribution in [-0.2, 0) is 11.4 Å². The van der Waals surface area contributed by atoms with Crippen LogP contribution in [0, 0.1) is 17.2 Å². The molecular weight excluding hydrogens is 442 g/mol. The van der Waals surface area contributed by atoms with Crippen LogP contribution in [0.5, 0.6) is 0 Å². The monoisotopic (exact) mass is 459 g/mol. The van der Waals surface area contributed by atoms with Crippen molar-refractivity contribution in [3.05, 3.63) is 45.7 Å². The number of benzene rings is 1. The zero-order valence-electron chi connectivity index (χ0n) is 15.7. The number of halogens is 5. The summed E-state index contributed by atoms with van der Waals surface area (Å²) in [5.41, 5.74) is 1.78. The summed E-state index contributed by atoms with van der Waals surface area (Å²) in [5, 5.41) is 17.6. The average molecular weight is 460 g/mol. The number of hydrogen-bond acceptors (Lipinski definition) is 5. The van der Waals surface area contributed by atoms with Gasteiger partial charge in [-0.1, -0.05) is 28.4 Å². The number of rotatable bonds is 6. The summed E-state index contributed by atoms with van der Waals surface area (Å²) in [7, 11) is 0. The number of hydrogen-bond donors (Lipinski definition) is 0. The summed E-state index contributed by atoms with van der Waals surface area (Å²) < 4.78 is 38.3. The first-order chi connectivity index (χ1) is 14.2. The number of oxime groups is 1. The zero-order valence-corrected chi connectivity index (χ0v) is 17.3. The molecule has 2 aromatic rings. The molecule has 0 spiro atoms. The van der Waals surface area contributed by atoms with Crippen LogP contribution in [0.1, 0.15) is 24.1 Å². The van der Waals surface area contributed by atoms with Gasteiger partial charge in [0.05, 0.1) is 28.0 Å². The molecule has 0 bridgehead atoms. The van der Waals surface area contributed by atoms with Crippen molar-refractivity contribution < 1.29 is 18.0 Å². The van der Waals surface area contributed by atoms with Gasteiger partial charge >= 0.3 is 6.18 Å². The third kappa shape index (κ3) is 6.11. The summed E-state index contributed by atoms with van der Waals surface area (Å²) >= 11 is 12.0. The Balaban J connectivity index is 1.81. The SMILES string of the molecule is N#CC1CCN(Cc2cn(-c3ccc(Cl)c(Cl)c3)nc2/C=N/OCC(F)(F)F)CC1. The average Bonchev–Trinajstić information content (AvgIpc) is 3.10. The molecule has 0 amide bonds. The molecule has 1 aliphatic rings. The highest BCUT2D eigenvalue weighted by atomic mass is 35.5. The van der Waals surface area contributed by atoms with E-state index in [0.29, 0.717) is 28.0 Å². The molecule has 0 saturated carbocycles. The predicted molar refractivity (Wildman–Crippen MR) is 107 cm³/mol. The Labute approximate surface area is 181 Å². The van der Waals surface area contributed by atoms with Gasteiger partial charge in [-0.2, -0.15) is 23.5 Å². The second kappa shape index (κ2) is 9.69. The van der Waals surface area contributed by atoms with Gasteiger partial charge in [-0.15, -0.1) is 0 Å². The second-order valence-electron chi connectivity index (χ2n) is 6.89. The third-order valence-electron chi connectivity index (χ3n) is 4.63. The lowest BCUT2D eigenvalue weighted by molar-refractivity contribution is -0.173. The molecule has 0 N–H and O–H groups in total. The smallest absolute Gasteiger partial charge is 0.386 e. The molecule has 2 heterocycles. The van der Waals surface area contributed by atoms with Crippen molar-refractivity contribution in [2.24, 2.45) is 11.1 Å². The third-order valence-corrected chi connectivity index (χ3v) is 5.37. The molecule has 160 valence electrons. The number of aromatic nitrogens is 2. The van der Waals surface area contributed by atoms with Gasteiger partial charge in [-0.3, -0.25) is 4.90 Å². The zero-order chi connectivity index (χ0) is 21.7. The van der Waals surface area contributed by atoms with Crippen LogP contribution in [0.2, 0.25) is 10.0 Å². The fourth-order valence-electron chi connectivity index (χ4n) is 3.07. The number of nitriles is 1. The first kappa shape index (κ1) is 22.4. The Morgan fingerprint density at radius 2 is 2.00 bits per heavy atom. The van der Waals surface area contributed by atoms with Gasteiger partial charge in [0.2, 0.25) is 6.61 Å². The van der Waals surface area contributed by atoms with E-state index in [2.05, 4.69) is 26.1 Å². The summed E-state index contributed by atoms with van der Waals surface area (Å²) in [4.78, 5) is 6.50. The van der Waals surface area contributed by atoms with Crippen LogP contribution in [-0.4, -0.2) is 46.8 Å². The fraction of sp³-hybridized carbons (Fsp3) is 0.421. The van der Waals surface area contributed by atoms with E-state index in [4.69, 9.17) is 28.5 Å². The molecule has 6 nitrogen and oxygen atoms in total. The Hall–Kier alpha value is -2.28. The molecule has 1 aromatic carbocycles. The lowest BCUT2D eigenvalue weighted by Gasteiger charge is -2.28. The highest BCUT2D eigenvalue weighted by Crippen LogP contribution is 2.25. The van der Waals surface area contributed by atoms with Gasteiger partial charge in [0.15, 0.2) is 0 Å². The second-order valence-corrected chi connectivity index (χ2v) is 7.70. The first-order valence-corrected chi connectivity index (χ1v) is 9.89. The van der Waals surface area contributed by atoms with Crippen molar-refractivity contribution >= 4 is 29.4 Å². The maximum Gasteiger partial charge on any atom is 0.425 e.